The van der Waals surface area contributed by atoms with Gasteiger partial charge in [0.15, 0.2) is 5.69 Å². The Morgan fingerprint density at radius 1 is 1.05 bits per heavy atom. The second-order valence-electron chi connectivity index (χ2n) is 9.83. The van der Waals surface area contributed by atoms with E-state index in [4.69, 9.17) is 4.98 Å². The van der Waals surface area contributed by atoms with Crippen LogP contribution in [0.5, 0.6) is 0 Å². The fourth-order valence-electron chi connectivity index (χ4n) is 5.11. The number of rotatable bonds is 6. The number of thiazole rings is 1. The standard InChI is InChI=1S/C28H28FN5O2S/c1-33-22-12-5-3-10-20(22)23(32-33)26(35)30-16-18-8-6-7-15-34(18)28(36)24-25(19-9-2-4-11-21(19)29)37-27(31-24)17-13-14-17/h2-5,9-12,17-18H,6-8,13-16H2,1H3,(H,30,35)/t18-/m0/s1. The third kappa shape index (κ3) is 4.52. The van der Waals surface area contributed by atoms with Gasteiger partial charge in [-0.25, -0.2) is 9.37 Å². The molecule has 4 aromatic rings. The number of benzene rings is 2. The molecule has 1 saturated heterocycles. The van der Waals surface area contributed by atoms with Gasteiger partial charge in [-0.1, -0.05) is 36.4 Å². The molecule has 1 saturated carbocycles. The maximum absolute atomic E-state index is 14.7. The number of piperidine rings is 1. The molecule has 3 heterocycles. The zero-order valence-corrected chi connectivity index (χ0v) is 21.4. The van der Waals surface area contributed by atoms with Crippen LogP contribution in [0.25, 0.3) is 21.3 Å². The molecule has 1 atom stereocenters. The van der Waals surface area contributed by atoms with Crippen LogP contribution in [-0.4, -0.2) is 50.6 Å². The Bertz CT molecular complexity index is 1490. The summed E-state index contributed by atoms with van der Waals surface area (Å²) in [5.41, 5.74) is 2.00. The molecule has 0 unspecified atom stereocenters. The quantitative estimate of drug-likeness (QED) is 0.384. The number of hydrogen-bond acceptors (Lipinski definition) is 5. The molecule has 7 nitrogen and oxygen atoms in total. The summed E-state index contributed by atoms with van der Waals surface area (Å²) in [7, 11) is 1.82. The first-order valence-electron chi connectivity index (χ1n) is 12.8. The molecule has 0 spiro atoms. The lowest BCUT2D eigenvalue weighted by Gasteiger charge is -2.35. The highest BCUT2D eigenvalue weighted by molar-refractivity contribution is 7.15. The third-order valence-electron chi connectivity index (χ3n) is 7.25. The Morgan fingerprint density at radius 3 is 2.65 bits per heavy atom. The van der Waals surface area contributed by atoms with Crippen molar-refractivity contribution in [2.75, 3.05) is 13.1 Å². The lowest BCUT2D eigenvalue weighted by Crippen LogP contribution is -2.49. The summed E-state index contributed by atoms with van der Waals surface area (Å²) < 4.78 is 16.4. The number of amides is 2. The van der Waals surface area contributed by atoms with E-state index in [0.717, 1.165) is 48.0 Å². The number of hydrogen-bond donors (Lipinski definition) is 1. The molecule has 2 amide bonds. The van der Waals surface area contributed by atoms with Crippen molar-refractivity contribution in [2.24, 2.45) is 7.05 Å². The zero-order valence-electron chi connectivity index (χ0n) is 20.6. The second-order valence-corrected chi connectivity index (χ2v) is 10.9. The van der Waals surface area contributed by atoms with Crippen LogP contribution in [0.1, 0.15) is 64.0 Å². The molecule has 2 fully saturated rings. The number of para-hydroxylation sites is 1. The number of carbonyl (C=O) groups excluding carboxylic acids is 2. The summed E-state index contributed by atoms with van der Waals surface area (Å²) >= 11 is 1.43. The summed E-state index contributed by atoms with van der Waals surface area (Å²) in [6.45, 7) is 0.906. The first kappa shape index (κ1) is 23.8. The highest BCUT2D eigenvalue weighted by Gasteiger charge is 2.35. The first-order chi connectivity index (χ1) is 18.0. The molecule has 1 N–H and O–H groups in total. The maximum atomic E-state index is 14.7. The number of aromatic nitrogens is 3. The number of nitrogens with zero attached hydrogens (tertiary/aromatic N) is 4. The highest BCUT2D eigenvalue weighted by Crippen LogP contribution is 2.45. The van der Waals surface area contributed by atoms with Crippen molar-refractivity contribution in [1.29, 1.82) is 0 Å². The van der Waals surface area contributed by atoms with Gasteiger partial charge in [-0.2, -0.15) is 5.10 Å². The number of nitrogens with one attached hydrogen (secondary N) is 1. The number of aryl methyl sites for hydroxylation is 1. The van der Waals surface area contributed by atoms with Crippen LogP contribution in [0, 0.1) is 5.82 Å². The average molecular weight is 518 g/mol. The molecule has 2 aromatic heterocycles. The maximum Gasteiger partial charge on any atom is 0.274 e. The van der Waals surface area contributed by atoms with Crippen molar-refractivity contribution in [2.45, 2.75) is 44.1 Å². The average Bonchev–Trinajstić information content (AvgIpc) is 3.59. The van der Waals surface area contributed by atoms with Crippen molar-refractivity contribution < 1.29 is 14.0 Å². The lowest BCUT2D eigenvalue weighted by molar-refractivity contribution is 0.0598. The monoisotopic (exact) mass is 517 g/mol. The summed E-state index contributed by atoms with van der Waals surface area (Å²) in [6, 6.07) is 14.0. The van der Waals surface area contributed by atoms with Gasteiger partial charge in [0.05, 0.1) is 15.4 Å². The molecule has 0 bridgehead atoms. The van der Waals surface area contributed by atoms with Crippen LogP contribution >= 0.6 is 11.3 Å². The fourth-order valence-corrected chi connectivity index (χ4v) is 6.36. The van der Waals surface area contributed by atoms with Crippen LogP contribution in [0.15, 0.2) is 48.5 Å². The third-order valence-corrected chi connectivity index (χ3v) is 8.50. The number of fused-ring (bicyclic) bond motifs is 1. The van der Waals surface area contributed by atoms with Gasteiger partial charge in [0, 0.05) is 43.0 Å². The normalized spacial score (nSPS) is 17.8. The van der Waals surface area contributed by atoms with Gasteiger partial charge in [-0.15, -0.1) is 11.3 Å². The van der Waals surface area contributed by atoms with Crippen molar-refractivity contribution in [3.63, 3.8) is 0 Å². The Hall–Kier alpha value is -3.59. The van der Waals surface area contributed by atoms with Gasteiger partial charge in [-0.3, -0.25) is 14.3 Å². The Labute approximate surface area is 218 Å². The lowest BCUT2D eigenvalue weighted by atomic mass is 10.0. The minimum Gasteiger partial charge on any atom is -0.349 e. The largest absolute Gasteiger partial charge is 0.349 e. The van der Waals surface area contributed by atoms with E-state index < -0.39 is 0 Å². The SMILES string of the molecule is Cn1nc(C(=O)NC[C@@H]2CCCCN2C(=O)c2nc(C3CC3)sc2-c2ccccc2F)c2ccccc21. The van der Waals surface area contributed by atoms with E-state index in [1.165, 1.54) is 17.4 Å². The number of carbonyl (C=O) groups is 2. The van der Waals surface area contributed by atoms with E-state index >= 15 is 0 Å². The van der Waals surface area contributed by atoms with Crippen LogP contribution in [0.2, 0.25) is 0 Å². The van der Waals surface area contributed by atoms with Crippen LogP contribution in [0.3, 0.4) is 0 Å². The topological polar surface area (TPSA) is 80.1 Å². The van der Waals surface area contributed by atoms with Crippen molar-refractivity contribution in [3.8, 4) is 10.4 Å². The molecule has 2 aliphatic rings. The summed E-state index contributed by atoms with van der Waals surface area (Å²) in [5.74, 6) is -0.440. The molecule has 1 aliphatic carbocycles. The second kappa shape index (κ2) is 9.70. The van der Waals surface area contributed by atoms with Gasteiger partial charge in [-0.05, 0) is 44.2 Å². The molecule has 9 heteroatoms. The van der Waals surface area contributed by atoms with Gasteiger partial charge < -0.3 is 10.2 Å². The van der Waals surface area contributed by atoms with Crippen LogP contribution < -0.4 is 5.32 Å². The van der Waals surface area contributed by atoms with E-state index in [0.29, 0.717) is 40.8 Å². The van der Waals surface area contributed by atoms with E-state index in [9.17, 15) is 14.0 Å². The molecular formula is C28H28FN5O2S. The zero-order chi connectivity index (χ0) is 25.5. The summed E-state index contributed by atoms with van der Waals surface area (Å²) in [4.78, 5) is 34.1. The van der Waals surface area contributed by atoms with Crippen LogP contribution in [0.4, 0.5) is 4.39 Å². The molecular weight excluding hydrogens is 489 g/mol. The Morgan fingerprint density at radius 2 is 1.84 bits per heavy atom. The Balaban J connectivity index is 1.25. The highest BCUT2D eigenvalue weighted by atomic mass is 32.1. The Kier molecular flexibility index (Phi) is 6.24. The molecule has 1 aliphatic heterocycles. The van der Waals surface area contributed by atoms with Crippen molar-refractivity contribution >= 4 is 34.1 Å². The predicted octanol–water partition coefficient (Wildman–Crippen LogP) is 5.14. The molecule has 37 heavy (non-hydrogen) atoms. The predicted molar refractivity (Wildman–Crippen MR) is 141 cm³/mol. The van der Waals surface area contributed by atoms with E-state index in [2.05, 4.69) is 10.4 Å². The minimum absolute atomic E-state index is 0.167. The van der Waals surface area contributed by atoms with Gasteiger partial charge in [0.25, 0.3) is 11.8 Å². The van der Waals surface area contributed by atoms with E-state index in [-0.39, 0.29) is 23.7 Å². The summed E-state index contributed by atoms with van der Waals surface area (Å²) in [5, 5.41) is 9.13. The van der Waals surface area contributed by atoms with Gasteiger partial charge in [0.2, 0.25) is 0 Å². The molecule has 0 radical (unpaired) electrons. The van der Waals surface area contributed by atoms with Gasteiger partial charge in [0.1, 0.15) is 11.5 Å². The number of likely N-dealkylation sites (tertiary alicyclic amines) is 1. The minimum atomic E-state index is -0.354. The first-order valence-corrected chi connectivity index (χ1v) is 13.6. The molecule has 2 aromatic carbocycles. The molecule has 6 rings (SSSR count). The molecule has 190 valence electrons. The van der Waals surface area contributed by atoms with Gasteiger partial charge >= 0.3 is 0 Å². The van der Waals surface area contributed by atoms with Crippen LogP contribution in [-0.2, 0) is 7.05 Å². The summed E-state index contributed by atoms with van der Waals surface area (Å²) in [6.07, 6.45) is 4.75. The van der Waals surface area contributed by atoms with E-state index in [1.54, 1.807) is 22.9 Å². The smallest absolute Gasteiger partial charge is 0.274 e. The number of halogens is 1. The fraction of sp³-hybridized carbons (Fsp3) is 0.357. The van der Waals surface area contributed by atoms with Crippen molar-refractivity contribution in [3.05, 3.63) is 70.7 Å². The van der Waals surface area contributed by atoms with Crippen molar-refractivity contribution in [1.82, 2.24) is 25.0 Å². The van der Waals surface area contributed by atoms with E-state index in [1.807, 2.05) is 36.2 Å².